The maximum atomic E-state index is 12.3. The van der Waals surface area contributed by atoms with Gasteiger partial charge in [-0.1, -0.05) is 12.1 Å². The van der Waals surface area contributed by atoms with E-state index < -0.39 is 15.9 Å². The minimum atomic E-state index is -3.31. The topological polar surface area (TPSA) is 113 Å². The van der Waals surface area contributed by atoms with E-state index in [1.807, 2.05) is 0 Å². The SMILES string of the molecule is CS(=O)(=O)c1ccc(C(=O)Nc2ccc(CN3C(=O)CNC3=O)cc2)cc1. The highest BCUT2D eigenvalue weighted by molar-refractivity contribution is 7.90. The fraction of sp³-hybridized carbons (Fsp3) is 0.167. The summed E-state index contributed by atoms with van der Waals surface area (Å²) in [5.74, 6) is -0.660. The summed E-state index contributed by atoms with van der Waals surface area (Å²) in [5, 5.41) is 5.16. The quantitative estimate of drug-likeness (QED) is 0.753. The van der Waals surface area contributed by atoms with E-state index in [0.29, 0.717) is 11.3 Å². The van der Waals surface area contributed by atoms with Gasteiger partial charge in [-0.15, -0.1) is 0 Å². The van der Waals surface area contributed by atoms with Gasteiger partial charge in [0, 0.05) is 17.5 Å². The summed E-state index contributed by atoms with van der Waals surface area (Å²) in [7, 11) is -3.31. The first kappa shape index (κ1) is 18.6. The number of imide groups is 1. The summed E-state index contributed by atoms with van der Waals surface area (Å²) >= 11 is 0. The number of sulfone groups is 1. The Balaban J connectivity index is 1.65. The van der Waals surface area contributed by atoms with Crippen molar-refractivity contribution in [3.05, 3.63) is 59.7 Å². The number of amides is 4. The van der Waals surface area contributed by atoms with E-state index in [1.54, 1.807) is 24.3 Å². The maximum absolute atomic E-state index is 12.3. The average Bonchev–Trinajstić information content (AvgIpc) is 2.94. The standard InChI is InChI=1S/C18H17N3O5S/c1-27(25,26)15-8-4-13(5-9-15)17(23)20-14-6-2-12(3-7-14)11-21-16(22)10-19-18(21)24/h2-9H,10-11H2,1H3,(H,19,24)(H,20,23). The maximum Gasteiger partial charge on any atom is 0.324 e. The molecule has 0 bridgehead atoms. The van der Waals surface area contributed by atoms with Crippen LogP contribution in [0.5, 0.6) is 0 Å². The minimum absolute atomic E-state index is 0.00506. The van der Waals surface area contributed by atoms with Crippen molar-refractivity contribution in [2.24, 2.45) is 0 Å². The predicted octanol–water partition coefficient (Wildman–Crippen LogP) is 1.39. The molecule has 0 saturated carbocycles. The van der Waals surface area contributed by atoms with Crippen molar-refractivity contribution in [3.63, 3.8) is 0 Å². The predicted molar refractivity (Wildman–Crippen MR) is 97.9 cm³/mol. The highest BCUT2D eigenvalue weighted by atomic mass is 32.2. The zero-order chi connectivity index (χ0) is 19.6. The van der Waals surface area contributed by atoms with Gasteiger partial charge in [0.05, 0.1) is 18.0 Å². The van der Waals surface area contributed by atoms with Gasteiger partial charge in [0.1, 0.15) is 0 Å². The van der Waals surface area contributed by atoms with Crippen LogP contribution in [0.25, 0.3) is 0 Å². The Hall–Kier alpha value is -3.20. The average molecular weight is 387 g/mol. The molecule has 1 aliphatic heterocycles. The van der Waals surface area contributed by atoms with E-state index in [1.165, 1.54) is 24.3 Å². The molecule has 1 aliphatic rings. The molecule has 0 atom stereocenters. The number of hydrogen-bond acceptors (Lipinski definition) is 5. The Morgan fingerprint density at radius 1 is 1.07 bits per heavy atom. The molecule has 1 fully saturated rings. The van der Waals surface area contributed by atoms with Crippen LogP contribution in [0.4, 0.5) is 10.5 Å². The molecule has 1 saturated heterocycles. The molecule has 4 amide bonds. The number of urea groups is 1. The molecule has 8 nitrogen and oxygen atoms in total. The third-order valence-corrected chi connectivity index (χ3v) is 5.16. The number of carbonyl (C=O) groups excluding carboxylic acids is 3. The first-order valence-electron chi connectivity index (χ1n) is 8.02. The van der Waals surface area contributed by atoms with Crippen LogP contribution in [0.15, 0.2) is 53.4 Å². The number of anilines is 1. The highest BCUT2D eigenvalue weighted by Gasteiger charge is 2.28. The largest absolute Gasteiger partial charge is 0.329 e. The lowest BCUT2D eigenvalue weighted by Crippen LogP contribution is -2.30. The van der Waals surface area contributed by atoms with E-state index in [-0.39, 0.29) is 29.8 Å². The number of hydrogen-bond donors (Lipinski definition) is 2. The second-order valence-corrected chi connectivity index (χ2v) is 8.10. The van der Waals surface area contributed by atoms with Crippen molar-refractivity contribution in [1.29, 1.82) is 0 Å². The number of nitrogens with one attached hydrogen (secondary N) is 2. The summed E-state index contributed by atoms with van der Waals surface area (Å²) in [5.41, 5.74) is 1.61. The van der Waals surface area contributed by atoms with Crippen molar-refractivity contribution in [3.8, 4) is 0 Å². The van der Waals surface area contributed by atoms with Gasteiger partial charge in [0.2, 0.25) is 5.91 Å². The van der Waals surface area contributed by atoms with Crippen LogP contribution >= 0.6 is 0 Å². The molecule has 0 unspecified atom stereocenters. The van der Waals surface area contributed by atoms with Gasteiger partial charge in [-0.05, 0) is 42.0 Å². The van der Waals surface area contributed by atoms with E-state index in [9.17, 15) is 22.8 Å². The van der Waals surface area contributed by atoms with Gasteiger partial charge in [0.15, 0.2) is 9.84 Å². The summed E-state index contributed by atoms with van der Waals surface area (Å²) in [6.45, 7) is 0.164. The van der Waals surface area contributed by atoms with Crippen molar-refractivity contribution in [1.82, 2.24) is 10.2 Å². The van der Waals surface area contributed by atoms with E-state index >= 15 is 0 Å². The van der Waals surface area contributed by atoms with E-state index in [2.05, 4.69) is 10.6 Å². The minimum Gasteiger partial charge on any atom is -0.329 e. The smallest absolute Gasteiger partial charge is 0.324 e. The van der Waals surface area contributed by atoms with Crippen molar-refractivity contribution in [2.45, 2.75) is 11.4 Å². The van der Waals surface area contributed by atoms with Gasteiger partial charge in [0.25, 0.3) is 5.91 Å². The lowest BCUT2D eigenvalue weighted by Gasteiger charge is -2.13. The summed E-state index contributed by atoms with van der Waals surface area (Å²) in [6, 6.07) is 12.0. The fourth-order valence-electron chi connectivity index (χ4n) is 2.55. The molecule has 3 rings (SSSR count). The summed E-state index contributed by atoms with van der Waals surface area (Å²) in [6.07, 6.45) is 1.10. The molecule has 0 aliphatic carbocycles. The molecule has 0 spiro atoms. The van der Waals surface area contributed by atoms with Crippen LogP contribution in [0.3, 0.4) is 0 Å². The molecule has 2 aromatic carbocycles. The molecule has 140 valence electrons. The van der Waals surface area contributed by atoms with Gasteiger partial charge in [-0.25, -0.2) is 13.2 Å². The van der Waals surface area contributed by atoms with E-state index in [0.717, 1.165) is 16.7 Å². The van der Waals surface area contributed by atoms with Crippen LogP contribution in [0.1, 0.15) is 15.9 Å². The number of rotatable bonds is 5. The molecular formula is C18H17N3O5S. The third kappa shape index (κ3) is 4.32. The van der Waals surface area contributed by atoms with Crippen molar-refractivity contribution < 1.29 is 22.8 Å². The third-order valence-electron chi connectivity index (χ3n) is 4.03. The molecular weight excluding hydrogens is 370 g/mol. The molecule has 2 N–H and O–H groups in total. The molecule has 0 aromatic heterocycles. The zero-order valence-corrected chi connectivity index (χ0v) is 15.2. The van der Waals surface area contributed by atoms with Gasteiger partial charge in [-0.2, -0.15) is 0 Å². The second kappa shape index (κ2) is 7.20. The summed E-state index contributed by atoms with van der Waals surface area (Å²) < 4.78 is 22.9. The molecule has 2 aromatic rings. The second-order valence-electron chi connectivity index (χ2n) is 6.09. The highest BCUT2D eigenvalue weighted by Crippen LogP contribution is 2.15. The monoisotopic (exact) mass is 387 g/mol. The molecule has 27 heavy (non-hydrogen) atoms. The van der Waals surface area contributed by atoms with Crippen LogP contribution in [-0.2, 0) is 21.2 Å². The number of benzene rings is 2. The van der Waals surface area contributed by atoms with Crippen molar-refractivity contribution >= 4 is 33.4 Å². The molecule has 0 radical (unpaired) electrons. The number of nitrogens with zero attached hydrogens (tertiary/aromatic N) is 1. The Morgan fingerprint density at radius 2 is 1.70 bits per heavy atom. The van der Waals surface area contributed by atoms with Crippen LogP contribution in [0.2, 0.25) is 0 Å². The van der Waals surface area contributed by atoms with Crippen LogP contribution in [0, 0.1) is 0 Å². The Bertz CT molecular complexity index is 982. The zero-order valence-electron chi connectivity index (χ0n) is 14.4. The van der Waals surface area contributed by atoms with E-state index in [4.69, 9.17) is 0 Å². The van der Waals surface area contributed by atoms with Gasteiger partial charge >= 0.3 is 6.03 Å². The normalized spacial score (nSPS) is 14.2. The Kier molecular flexibility index (Phi) is 4.95. The Labute approximate surface area is 156 Å². The van der Waals surface area contributed by atoms with Gasteiger partial charge < -0.3 is 10.6 Å². The molecule has 9 heteroatoms. The lowest BCUT2D eigenvalue weighted by molar-refractivity contribution is -0.125. The van der Waals surface area contributed by atoms with Crippen LogP contribution < -0.4 is 10.6 Å². The first-order valence-corrected chi connectivity index (χ1v) is 9.92. The van der Waals surface area contributed by atoms with Crippen LogP contribution in [-0.4, -0.2) is 44.0 Å². The molecule has 1 heterocycles. The fourth-order valence-corrected chi connectivity index (χ4v) is 3.18. The van der Waals surface area contributed by atoms with Crippen molar-refractivity contribution in [2.75, 3.05) is 18.1 Å². The first-order chi connectivity index (χ1) is 12.7. The summed E-state index contributed by atoms with van der Waals surface area (Å²) in [4.78, 5) is 36.7. The Morgan fingerprint density at radius 3 is 2.22 bits per heavy atom. The number of carbonyl (C=O) groups is 3. The lowest BCUT2D eigenvalue weighted by atomic mass is 10.1. The van der Waals surface area contributed by atoms with Gasteiger partial charge in [-0.3, -0.25) is 14.5 Å².